The van der Waals surface area contributed by atoms with E-state index in [9.17, 15) is 22.8 Å². The van der Waals surface area contributed by atoms with E-state index < -0.39 is 68.2 Å². The molecule has 1 aromatic carbocycles. The monoisotopic (exact) mass is 944 g/mol. The maximum Gasteiger partial charge on any atom is 0.408 e. The predicted molar refractivity (Wildman–Crippen MR) is 249 cm³/mol. The maximum absolute atomic E-state index is 15.2. The number of nitrogens with one attached hydrogen (secondary N) is 3. The van der Waals surface area contributed by atoms with Gasteiger partial charge < -0.3 is 34.5 Å². The Morgan fingerprint density at radius 2 is 1.69 bits per heavy atom. The van der Waals surface area contributed by atoms with Crippen LogP contribution in [0, 0.1) is 17.8 Å². The largest absolute Gasteiger partial charge is 0.489 e. The van der Waals surface area contributed by atoms with Gasteiger partial charge in [-0.3, -0.25) is 24.0 Å². The van der Waals surface area contributed by atoms with Gasteiger partial charge >= 0.3 is 6.09 Å². The van der Waals surface area contributed by atoms with Crippen LogP contribution in [0.1, 0.15) is 122 Å². The van der Waals surface area contributed by atoms with Crippen LogP contribution in [-0.4, -0.2) is 126 Å². The third-order valence-corrected chi connectivity index (χ3v) is 18.6. The summed E-state index contributed by atoms with van der Waals surface area (Å²) in [5.41, 5.74) is -0.00188. The Balaban J connectivity index is 0.997. The number of pyridine rings is 1. The minimum absolute atomic E-state index is 0.00135. The lowest BCUT2D eigenvalue weighted by Gasteiger charge is -2.48. The summed E-state index contributed by atoms with van der Waals surface area (Å²) < 4.78 is 53.9. The minimum Gasteiger partial charge on any atom is -0.489 e. The Morgan fingerprint density at radius 1 is 0.970 bits per heavy atom. The number of hydrogen-bond acceptors (Lipinski definition) is 12. The summed E-state index contributed by atoms with van der Waals surface area (Å²) in [5.74, 6) is -1.16. The van der Waals surface area contributed by atoms with E-state index in [4.69, 9.17) is 23.9 Å². The SMILES string of the molecule is C=C[C@@H]1C[C@]1(NC(=O)C1C[C@@H]2CN1C(=O)[C@H](C1CCCCC1)NC(=O)O[C@@H]1C[C@H]1CCCCCc1c(nc3ccccc3c1OC1CC3COCC(C1)N3CC)O2)C(=O)NS(=O)(=O)C1(C)CC1. The number of likely N-dealkylation sites (N-methyl/N-ethyl adjacent to an activating group) is 1. The van der Waals surface area contributed by atoms with Gasteiger partial charge in [0.1, 0.15) is 41.7 Å². The molecule has 9 atom stereocenters. The molecule has 8 aliphatic rings. The molecule has 4 bridgehead atoms. The van der Waals surface area contributed by atoms with E-state index >= 15 is 4.79 Å². The summed E-state index contributed by atoms with van der Waals surface area (Å²) in [7, 11) is -4.02. The molecule has 0 radical (unpaired) electrons. The number of para-hydroxylation sites is 1. The highest BCUT2D eigenvalue weighted by Gasteiger charge is 2.63. The molecule has 67 heavy (non-hydrogen) atoms. The molecule has 3 unspecified atom stereocenters. The van der Waals surface area contributed by atoms with Crippen molar-refractivity contribution in [3.05, 3.63) is 42.5 Å². The van der Waals surface area contributed by atoms with E-state index in [1.54, 1.807) is 13.0 Å². The molecule has 3 saturated heterocycles. The van der Waals surface area contributed by atoms with Crippen molar-refractivity contribution in [2.45, 2.75) is 176 Å². The number of ether oxygens (including phenoxy) is 4. The molecular formula is C50H68N6O10S. The number of morpholine rings is 1. The van der Waals surface area contributed by atoms with Crippen molar-refractivity contribution in [2.24, 2.45) is 17.8 Å². The van der Waals surface area contributed by atoms with E-state index in [1.807, 2.05) is 18.2 Å². The number of alkyl carbamates (subject to hydrolysis) is 1. The van der Waals surface area contributed by atoms with Crippen LogP contribution in [0.25, 0.3) is 10.9 Å². The second kappa shape index (κ2) is 18.4. The standard InChI is InChI=1S/C50H68N6O10S/c1-4-32-26-50(32,47(59)54-67(61,62)49(3)20-21-49)53-44(57)40-25-36-27-56(40)46(58)42(30-14-8-6-9-15-30)52-48(60)66-41-22-31(41)16-10-7-11-18-38-43(37-17-12-13-19-39(37)51-45(38)65-36)64-35-23-33-28-63-29-34(24-35)55(33)5-2/h4,12-13,17,19,30-36,40-42H,1,5-11,14-16,18,20-29H2,2-3H3,(H,52,60)(H,53,57)(H,54,59)/t31-,32-,33?,34?,35?,36-,40?,41-,42+,50-/m1/s1. The highest BCUT2D eigenvalue weighted by molar-refractivity contribution is 7.91. The number of aromatic nitrogens is 1. The molecule has 4 saturated carbocycles. The van der Waals surface area contributed by atoms with Crippen LogP contribution in [0.15, 0.2) is 36.9 Å². The van der Waals surface area contributed by atoms with Gasteiger partial charge in [-0.2, -0.15) is 0 Å². The van der Waals surface area contributed by atoms with Crippen LogP contribution >= 0.6 is 0 Å². The quantitative estimate of drug-likeness (QED) is 0.256. The summed E-state index contributed by atoms with van der Waals surface area (Å²) in [6, 6.07) is 6.37. The Morgan fingerprint density at radius 3 is 2.39 bits per heavy atom. The third kappa shape index (κ3) is 9.25. The molecule has 4 aliphatic heterocycles. The van der Waals surface area contributed by atoms with Gasteiger partial charge in [0.15, 0.2) is 0 Å². The second-order valence-electron chi connectivity index (χ2n) is 21.1. The maximum atomic E-state index is 15.2. The van der Waals surface area contributed by atoms with Crippen molar-refractivity contribution < 1.29 is 46.5 Å². The van der Waals surface area contributed by atoms with Crippen LogP contribution in [0.3, 0.4) is 0 Å². The second-order valence-corrected chi connectivity index (χ2v) is 23.3. The fourth-order valence-electron chi connectivity index (χ4n) is 11.9. The van der Waals surface area contributed by atoms with Gasteiger partial charge in [0, 0.05) is 42.7 Å². The molecule has 7 fully saturated rings. The number of amides is 4. The summed E-state index contributed by atoms with van der Waals surface area (Å²) >= 11 is 0. The lowest BCUT2D eigenvalue weighted by molar-refractivity contribution is -0.142. The first-order chi connectivity index (χ1) is 32.3. The van der Waals surface area contributed by atoms with Gasteiger partial charge in [-0.15, -0.1) is 6.58 Å². The highest BCUT2D eigenvalue weighted by Crippen LogP contribution is 2.48. The van der Waals surface area contributed by atoms with Crippen molar-refractivity contribution in [1.29, 1.82) is 0 Å². The summed E-state index contributed by atoms with van der Waals surface area (Å²) in [4.78, 5) is 66.8. The first-order valence-corrected chi connectivity index (χ1v) is 26.7. The highest BCUT2D eigenvalue weighted by atomic mass is 32.2. The zero-order valence-corrected chi connectivity index (χ0v) is 39.9. The molecule has 10 rings (SSSR count). The molecule has 0 spiro atoms. The Kier molecular flexibility index (Phi) is 12.7. The molecule has 2 aromatic rings. The number of rotatable bonds is 10. The Hall–Kier alpha value is -4.48. The van der Waals surface area contributed by atoms with Crippen molar-refractivity contribution in [3.63, 3.8) is 0 Å². The fourth-order valence-corrected chi connectivity index (χ4v) is 13.2. The van der Waals surface area contributed by atoms with Crippen molar-refractivity contribution in [1.82, 2.24) is 30.1 Å². The van der Waals surface area contributed by atoms with Crippen molar-refractivity contribution >= 4 is 44.7 Å². The number of carbonyl (C=O) groups is 4. The van der Waals surface area contributed by atoms with E-state index in [0.717, 1.165) is 100 Å². The molecule has 4 amide bonds. The van der Waals surface area contributed by atoms with Gasteiger partial charge in [-0.25, -0.2) is 18.2 Å². The lowest BCUT2D eigenvalue weighted by Crippen LogP contribution is -2.59. The summed E-state index contributed by atoms with van der Waals surface area (Å²) in [6.07, 6.45) is 12.0. The molecule has 3 N–H and O–H groups in total. The fraction of sp³-hybridized carbons (Fsp3) is 0.700. The number of carbonyl (C=O) groups excluding carboxylic acids is 4. The topological polar surface area (TPSA) is 195 Å². The van der Waals surface area contributed by atoms with Gasteiger partial charge in [-0.1, -0.05) is 57.2 Å². The number of hydrogen-bond donors (Lipinski definition) is 3. The zero-order valence-electron chi connectivity index (χ0n) is 39.0. The third-order valence-electron chi connectivity index (χ3n) is 16.5. The first kappa shape index (κ1) is 46.3. The molecule has 5 heterocycles. The van der Waals surface area contributed by atoms with Crippen LogP contribution < -0.4 is 24.8 Å². The molecular weight excluding hydrogens is 877 g/mol. The average molecular weight is 945 g/mol. The van der Waals surface area contributed by atoms with Crippen LogP contribution in [0.2, 0.25) is 0 Å². The predicted octanol–water partition coefficient (Wildman–Crippen LogP) is 5.45. The molecule has 16 nitrogen and oxygen atoms in total. The summed E-state index contributed by atoms with van der Waals surface area (Å²) in [6.45, 7) is 9.97. The molecule has 17 heteroatoms. The van der Waals surface area contributed by atoms with Gasteiger partial charge in [0.05, 0.1) is 35.6 Å². The number of fused-ring (bicyclic) bond motifs is 7. The van der Waals surface area contributed by atoms with Crippen LogP contribution in [-0.2, 0) is 40.3 Å². The molecule has 364 valence electrons. The lowest BCUT2D eigenvalue weighted by atomic mass is 9.83. The number of piperidine rings is 1. The Labute approximate surface area is 394 Å². The van der Waals surface area contributed by atoms with Gasteiger partial charge in [0.2, 0.25) is 27.7 Å². The minimum atomic E-state index is -4.02. The van der Waals surface area contributed by atoms with Crippen molar-refractivity contribution in [2.75, 3.05) is 26.3 Å². The van der Waals surface area contributed by atoms with Gasteiger partial charge in [-0.05, 0) is 95.2 Å². The average Bonchev–Trinajstić information content (AvgIpc) is 4.28. The summed E-state index contributed by atoms with van der Waals surface area (Å²) in [5, 5.41) is 6.80. The van der Waals surface area contributed by atoms with Crippen LogP contribution in [0.5, 0.6) is 11.6 Å². The van der Waals surface area contributed by atoms with E-state index in [-0.39, 0.29) is 55.5 Å². The smallest absolute Gasteiger partial charge is 0.408 e. The Bertz CT molecular complexity index is 2360. The molecule has 1 aromatic heterocycles. The normalized spacial score (nSPS) is 34.4. The van der Waals surface area contributed by atoms with E-state index in [0.29, 0.717) is 43.9 Å². The zero-order chi connectivity index (χ0) is 46.7. The first-order valence-electron chi connectivity index (χ1n) is 25.2. The van der Waals surface area contributed by atoms with E-state index in [2.05, 4.69) is 39.8 Å². The number of nitrogens with zero attached hydrogens (tertiary/aromatic N) is 3. The number of sulfonamides is 1. The number of benzene rings is 1. The van der Waals surface area contributed by atoms with Gasteiger partial charge in [0.25, 0.3) is 5.91 Å². The van der Waals surface area contributed by atoms with Crippen LogP contribution in [0.4, 0.5) is 4.79 Å². The van der Waals surface area contributed by atoms with Crippen molar-refractivity contribution in [3.8, 4) is 11.6 Å². The van der Waals surface area contributed by atoms with E-state index in [1.165, 1.54) is 4.90 Å². The molecule has 4 aliphatic carbocycles.